The zero-order chi connectivity index (χ0) is 18.1. The Labute approximate surface area is 131 Å². The molecule has 1 N–H and O–H groups in total. The van der Waals surface area contributed by atoms with Crippen LogP contribution in [0.15, 0.2) is 42.5 Å². The highest BCUT2D eigenvalue weighted by Gasteiger charge is 2.33. The molecule has 0 amide bonds. The predicted octanol–water partition coefficient (Wildman–Crippen LogP) is 4.97. The van der Waals surface area contributed by atoms with Gasteiger partial charge in [-0.15, -0.1) is 13.2 Å². The largest absolute Gasteiger partial charge is 0.573 e. The van der Waals surface area contributed by atoms with E-state index in [1.165, 1.54) is 6.07 Å². The Balaban J connectivity index is 2.58. The molecule has 2 rings (SSSR count). The summed E-state index contributed by atoms with van der Waals surface area (Å²) in [5.74, 6) is -2.19. The SMILES string of the molecule is O=C(O)c1ccc(C(F)(F)F)cc1-c1cccc(OC(F)(F)F)c1. The Morgan fingerprint density at radius 1 is 0.958 bits per heavy atom. The Morgan fingerprint density at radius 3 is 2.17 bits per heavy atom. The second-order valence-corrected chi connectivity index (χ2v) is 4.64. The maximum Gasteiger partial charge on any atom is 0.573 e. The lowest BCUT2D eigenvalue weighted by molar-refractivity contribution is -0.274. The van der Waals surface area contributed by atoms with E-state index >= 15 is 0 Å². The second-order valence-electron chi connectivity index (χ2n) is 4.64. The number of aromatic carboxylic acids is 1. The van der Waals surface area contributed by atoms with Gasteiger partial charge in [0.25, 0.3) is 0 Å². The molecule has 0 aliphatic rings. The fraction of sp³-hybridized carbons (Fsp3) is 0.133. The predicted molar refractivity (Wildman–Crippen MR) is 70.5 cm³/mol. The quantitative estimate of drug-likeness (QED) is 0.795. The molecule has 2 aromatic carbocycles. The van der Waals surface area contributed by atoms with Gasteiger partial charge >= 0.3 is 18.5 Å². The number of hydrogen-bond acceptors (Lipinski definition) is 2. The van der Waals surface area contributed by atoms with Crippen LogP contribution >= 0.6 is 0 Å². The van der Waals surface area contributed by atoms with Gasteiger partial charge < -0.3 is 9.84 Å². The number of halogens is 6. The summed E-state index contributed by atoms with van der Waals surface area (Å²) in [6, 6.07) is 5.96. The van der Waals surface area contributed by atoms with E-state index in [1.54, 1.807) is 0 Å². The van der Waals surface area contributed by atoms with Crippen molar-refractivity contribution < 1.29 is 41.0 Å². The molecule has 2 aromatic rings. The topological polar surface area (TPSA) is 46.5 Å². The maximum atomic E-state index is 12.8. The standard InChI is InChI=1S/C15H8F6O3/c16-14(17,18)9-4-5-11(13(22)23)12(7-9)8-2-1-3-10(6-8)24-15(19,20)21/h1-7H,(H,22,23). The molecule has 9 heteroatoms. The molecule has 0 saturated carbocycles. The zero-order valence-corrected chi connectivity index (χ0v) is 11.6. The lowest BCUT2D eigenvalue weighted by atomic mass is 9.97. The molecule has 0 fully saturated rings. The molecule has 128 valence electrons. The molecule has 0 aliphatic carbocycles. The van der Waals surface area contributed by atoms with E-state index in [1.807, 2.05) is 0 Å². The van der Waals surface area contributed by atoms with Crippen LogP contribution in [0.5, 0.6) is 5.75 Å². The van der Waals surface area contributed by atoms with Crippen LogP contribution in [-0.2, 0) is 6.18 Å². The highest BCUT2D eigenvalue weighted by atomic mass is 19.4. The van der Waals surface area contributed by atoms with Crippen LogP contribution in [0.2, 0.25) is 0 Å². The fourth-order valence-electron chi connectivity index (χ4n) is 2.01. The van der Waals surface area contributed by atoms with Crippen LogP contribution in [0.1, 0.15) is 15.9 Å². The summed E-state index contributed by atoms with van der Waals surface area (Å²) in [6.45, 7) is 0. The molecule has 0 aliphatic heterocycles. The smallest absolute Gasteiger partial charge is 0.478 e. The number of carbonyl (C=O) groups is 1. The number of benzene rings is 2. The van der Waals surface area contributed by atoms with E-state index in [0.29, 0.717) is 12.1 Å². The molecular formula is C15H8F6O3. The molecule has 0 aromatic heterocycles. The summed E-state index contributed by atoms with van der Waals surface area (Å²) in [5, 5.41) is 9.08. The van der Waals surface area contributed by atoms with Crippen LogP contribution in [0.25, 0.3) is 11.1 Å². The van der Waals surface area contributed by atoms with Crippen molar-refractivity contribution in [1.82, 2.24) is 0 Å². The van der Waals surface area contributed by atoms with Gasteiger partial charge in [0.05, 0.1) is 11.1 Å². The van der Waals surface area contributed by atoms with Crippen molar-refractivity contribution >= 4 is 5.97 Å². The van der Waals surface area contributed by atoms with Crippen molar-refractivity contribution in [2.45, 2.75) is 12.5 Å². The fourth-order valence-corrected chi connectivity index (χ4v) is 2.01. The normalized spacial score (nSPS) is 12.1. The first kappa shape index (κ1) is 17.6. The molecule has 0 saturated heterocycles. The third kappa shape index (κ3) is 4.18. The summed E-state index contributed by atoms with van der Waals surface area (Å²) < 4.78 is 78.8. The molecule has 0 unspecified atom stereocenters. The van der Waals surface area contributed by atoms with Gasteiger partial charge in [-0.3, -0.25) is 0 Å². The van der Waals surface area contributed by atoms with Crippen molar-refractivity contribution in [3.05, 3.63) is 53.6 Å². The highest BCUT2D eigenvalue weighted by Crippen LogP contribution is 2.35. The van der Waals surface area contributed by atoms with Gasteiger partial charge in [-0.2, -0.15) is 13.2 Å². The van der Waals surface area contributed by atoms with E-state index in [0.717, 1.165) is 24.3 Å². The van der Waals surface area contributed by atoms with E-state index in [9.17, 15) is 31.1 Å². The minimum absolute atomic E-state index is 0.153. The Morgan fingerprint density at radius 2 is 1.62 bits per heavy atom. The minimum Gasteiger partial charge on any atom is -0.478 e. The van der Waals surface area contributed by atoms with Gasteiger partial charge in [0.15, 0.2) is 0 Å². The van der Waals surface area contributed by atoms with Gasteiger partial charge in [0.2, 0.25) is 0 Å². The molecule has 3 nitrogen and oxygen atoms in total. The van der Waals surface area contributed by atoms with E-state index in [-0.39, 0.29) is 11.1 Å². The summed E-state index contributed by atoms with van der Waals surface area (Å²) in [6.07, 6.45) is -9.71. The molecule has 0 bridgehead atoms. The van der Waals surface area contributed by atoms with Gasteiger partial charge in [-0.1, -0.05) is 12.1 Å². The number of carboxylic acids is 1. The van der Waals surface area contributed by atoms with Crippen molar-refractivity contribution in [3.63, 3.8) is 0 Å². The molecule has 0 atom stereocenters. The number of alkyl halides is 6. The monoisotopic (exact) mass is 350 g/mol. The summed E-state index contributed by atoms with van der Waals surface area (Å²) >= 11 is 0. The van der Waals surface area contributed by atoms with Crippen molar-refractivity contribution in [2.75, 3.05) is 0 Å². The summed E-state index contributed by atoms with van der Waals surface area (Å²) in [4.78, 5) is 11.2. The minimum atomic E-state index is -4.98. The average molecular weight is 350 g/mol. The third-order valence-electron chi connectivity index (χ3n) is 2.96. The van der Waals surface area contributed by atoms with Crippen LogP contribution in [0.3, 0.4) is 0 Å². The third-order valence-corrected chi connectivity index (χ3v) is 2.96. The first-order valence-electron chi connectivity index (χ1n) is 6.28. The molecule has 0 heterocycles. The van der Waals surface area contributed by atoms with Crippen molar-refractivity contribution in [1.29, 1.82) is 0 Å². The van der Waals surface area contributed by atoms with Crippen LogP contribution in [0, 0.1) is 0 Å². The first-order chi connectivity index (χ1) is 11.0. The number of carboxylic acid groups (broad SMARTS) is 1. The van der Waals surface area contributed by atoms with Crippen LogP contribution in [0.4, 0.5) is 26.3 Å². The summed E-state index contributed by atoms with van der Waals surface area (Å²) in [7, 11) is 0. The van der Waals surface area contributed by atoms with E-state index in [4.69, 9.17) is 5.11 Å². The molecule has 0 spiro atoms. The molecule has 24 heavy (non-hydrogen) atoms. The van der Waals surface area contributed by atoms with Crippen LogP contribution < -0.4 is 4.74 Å². The van der Waals surface area contributed by atoms with Crippen molar-refractivity contribution in [2.24, 2.45) is 0 Å². The van der Waals surface area contributed by atoms with Crippen molar-refractivity contribution in [3.8, 4) is 16.9 Å². The Kier molecular flexibility index (Phi) is 4.46. The van der Waals surface area contributed by atoms with E-state index in [2.05, 4.69) is 4.74 Å². The number of rotatable bonds is 3. The van der Waals surface area contributed by atoms with Gasteiger partial charge in [-0.05, 0) is 41.5 Å². The Hall–Kier alpha value is -2.71. The lowest BCUT2D eigenvalue weighted by Gasteiger charge is -2.13. The van der Waals surface area contributed by atoms with Crippen LogP contribution in [-0.4, -0.2) is 17.4 Å². The zero-order valence-electron chi connectivity index (χ0n) is 11.6. The second kappa shape index (κ2) is 6.06. The van der Waals surface area contributed by atoms with Gasteiger partial charge in [0.1, 0.15) is 5.75 Å². The number of ether oxygens (including phenoxy) is 1. The first-order valence-corrected chi connectivity index (χ1v) is 6.28. The highest BCUT2D eigenvalue weighted by molar-refractivity contribution is 5.96. The number of hydrogen-bond donors (Lipinski definition) is 1. The average Bonchev–Trinajstić information content (AvgIpc) is 2.44. The van der Waals surface area contributed by atoms with Gasteiger partial charge in [0, 0.05) is 0 Å². The Bertz CT molecular complexity index is 765. The molecule has 0 radical (unpaired) electrons. The van der Waals surface area contributed by atoms with Gasteiger partial charge in [-0.25, -0.2) is 4.79 Å². The lowest BCUT2D eigenvalue weighted by Crippen LogP contribution is -2.17. The molecular weight excluding hydrogens is 342 g/mol. The maximum absolute atomic E-state index is 12.8. The summed E-state index contributed by atoms with van der Waals surface area (Å²) in [5.41, 5.74) is -2.12. The van der Waals surface area contributed by atoms with E-state index < -0.39 is 35.4 Å².